The Bertz CT molecular complexity index is 689. The molecule has 0 fully saturated rings. The van der Waals surface area contributed by atoms with Gasteiger partial charge in [0.2, 0.25) is 5.95 Å². The number of nitrogens with one attached hydrogen (secondary N) is 2. The molecule has 21 heavy (non-hydrogen) atoms. The molecule has 1 aromatic heterocycles. The van der Waals surface area contributed by atoms with Crippen LogP contribution in [0.15, 0.2) is 42.7 Å². The van der Waals surface area contributed by atoms with E-state index in [4.69, 9.17) is 0 Å². The van der Waals surface area contributed by atoms with Crippen LogP contribution in [-0.2, 0) is 9.59 Å². The lowest BCUT2D eigenvalue weighted by atomic mass is 10.3. The first-order valence-corrected chi connectivity index (χ1v) is 5.70. The quantitative estimate of drug-likeness (QED) is 0.491. The number of hydrogen-bond donors (Lipinski definition) is 2. The standard InChI is InChI=1S/C12H9N5O4/c18-10(11(19)16-12-13-5-2-6-14-12)15-8-3-1-4-9(7-8)17(20)21/h1-7H,(H,15,18)(H,13,14,16,19). The second kappa shape index (κ2) is 6.19. The van der Waals surface area contributed by atoms with E-state index in [1.807, 2.05) is 0 Å². The van der Waals surface area contributed by atoms with Gasteiger partial charge in [-0.05, 0) is 12.1 Å². The molecule has 9 heteroatoms. The zero-order chi connectivity index (χ0) is 15.2. The van der Waals surface area contributed by atoms with Crippen molar-refractivity contribution in [3.63, 3.8) is 0 Å². The number of carbonyl (C=O) groups excluding carboxylic acids is 2. The van der Waals surface area contributed by atoms with Gasteiger partial charge < -0.3 is 5.32 Å². The summed E-state index contributed by atoms with van der Waals surface area (Å²) in [4.78, 5) is 40.7. The molecule has 2 N–H and O–H groups in total. The molecule has 0 spiro atoms. The second-order valence-electron chi connectivity index (χ2n) is 3.79. The molecule has 0 radical (unpaired) electrons. The minimum Gasteiger partial charge on any atom is -0.318 e. The lowest BCUT2D eigenvalue weighted by Crippen LogP contribution is -2.29. The van der Waals surface area contributed by atoms with Gasteiger partial charge in [0, 0.05) is 30.2 Å². The molecule has 9 nitrogen and oxygen atoms in total. The molecule has 0 aliphatic heterocycles. The maximum Gasteiger partial charge on any atom is 0.316 e. The fraction of sp³-hybridized carbons (Fsp3) is 0. The van der Waals surface area contributed by atoms with Gasteiger partial charge in [-0.2, -0.15) is 0 Å². The monoisotopic (exact) mass is 287 g/mol. The third-order valence-corrected chi connectivity index (χ3v) is 2.31. The predicted molar refractivity (Wildman–Crippen MR) is 72.4 cm³/mol. The molecule has 0 saturated heterocycles. The van der Waals surface area contributed by atoms with Crippen LogP contribution in [0, 0.1) is 10.1 Å². The van der Waals surface area contributed by atoms with E-state index in [1.165, 1.54) is 30.6 Å². The van der Waals surface area contributed by atoms with Crippen LogP contribution in [0.25, 0.3) is 0 Å². The van der Waals surface area contributed by atoms with E-state index in [-0.39, 0.29) is 17.3 Å². The Morgan fingerprint density at radius 2 is 1.71 bits per heavy atom. The summed E-state index contributed by atoms with van der Waals surface area (Å²) in [7, 11) is 0. The van der Waals surface area contributed by atoms with Crippen molar-refractivity contribution < 1.29 is 14.5 Å². The van der Waals surface area contributed by atoms with Crippen LogP contribution < -0.4 is 10.6 Å². The second-order valence-corrected chi connectivity index (χ2v) is 3.79. The van der Waals surface area contributed by atoms with Gasteiger partial charge in [0.1, 0.15) is 0 Å². The van der Waals surface area contributed by atoms with E-state index < -0.39 is 16.7 Å². The molecule has 1 heterocycles. The van der Waals surface area contributed by atoms with Crippen molar-refractivity contribution in [2.75, 3.05) is 10.6 Å². The van der Waals surface area contributed by atoms with E-state index in [9.17, 15) is 19.7 Å². The number of nitro benzene ring substituents is 1. The lowest BCUT2D eigenvalue weighted by molar-refractivity contribution is -0.384. The van der Waals surface area contributed by atoms with Gasteiger partial charge in [-0.15, -0.1) is 0 Å². The molecule has 106 valence electrons. The van der Waals surface area contributed by atoms with Crippen molar-refractivity contribution >= 4 is 29.1 Å². The number of non-ortho nitro benzene ring substituents is 1. The first-order chi connectivity index (χ1) is 10.1. The Hall–Kier alpha value is -3.36. The molecule has 2 rings (SSSR count). The highest BCUT2D eigenvalue weighted by molar-refractivity contribution is 6.43. The minimum atomic E-state index is -0.983. The van der Waals surface area contributed by atoms with E-state index >= 15 is 0 Å². The van der Waals surface area contributed by atoms with Gasteiger partial charge in [-0.25, -0.2) is 9.97 Å². The summed E-state index contributed by atoms with van der Waals surface area (Å²) in [5, 5.41) is 15.0. The number of aromatic nitrogens is 2. The zero-order valence-electron chi connectivity index (χ0n) is 10.5. The van der Waals surface area contributed by atoms with E-state index in [2.05, 4.69) is 20.6 Å². The molecule has 0 aliphatic carbocycles. The van der Waals surface area contributed by atoms with Crippen molar-refractivity contribution in [2.45, 2.75) is 0 Å². The Balaban J connectivity index is 2.02. The van der Waals surface area contributed by atoms with Crippen molar-refractivity contribution in [2.24, 2.45) is 0 Å². The van der Waals surface area contributed by atoms with Gasteiger partial charge >= 0.3 is 11.8 Å². The van der Waals surface area contributed by atoms with Gasteiger partial charge in [-0.3, -0.25) is 25.0 Å². The topological polar surface area (TPSA) is 127 Å². The number of amides is 2. The van der Waals surface area contributed by atoms with E-state index in [1.54, 1.807) is 6.07 Å². The molecule has 2 aromatic rings. The zero-order valence-corrected chi connectivity index (χ0v) is 10.5. The third kappa shape index (κ3) is 3.80. The molecular weight excluding hydrogens is 278 g/mol. The number of carbonyl (C=O) groups is 2. The smallest absolute Gasteiger partial charge is 0.316 e. The highest BCUT2D eigenvalue weighted by atomic mass is 16.6. The summed E-state index contributed by atoms with van der Waals surface area (Å²) in [5.41, 5.74) is -0.0575. The number of benzene rings is 1. The first-order valence-electron chi connectivity index (χ1n) is 5.70. The third-order valence-electron chi connectivity index (χ3n) is 2.31. The fourth-order valence-electron chi connectivity index (χ4n) is 1.41. The van der Waals surface area contributed by atoms with Crippen molar-refractivity contribution in [3.8, 4) is 0 Å². The molecule has 1 aromatic carbocycles. The summed E-state index contributed by atoms with van der Waals surface area (Å²) in [6, 6.07) is 6.79. The number of nitro groups is 1. The average molecular weight is 287 g/mol. The summed E-state index contributed by atoms with van der Waals surface area (Å²) >= 11 is 0. The van der Waals surface area contributed by atoms with Crippen molar-refractivity contribution in [1.29, 1.82) is 0 Å². The average Bonchev–Trinajstić information content (AvgIpc) is 2.48. The normalized spacial score (nSPS) is 9.71. The van der Waals surface area contributed by atoms with Crippen LogP contribution in [0.4, 0.5) is 17.3 Å². The maximum atomic E-state index is 11.6. The van der Waals surface area contributed by atoms with Crippen LogP contribution in [0.1, 0.15) is 0 Å². The molecule has 2 amide bonds. The first kappa shape index (κ1) is 14.1. The van der Waals surface area contributed by atoms with Gasteiger partial charge in [0.15, 0.2) is 0 Å². The number of rotatable bonds is 3. The van der Waals surface area contributed by atoms with Gasteiger partial charge in [0.25, 0.3) is 5.69 Å². The Kier molecular flexibility index (Phi) is 4.14. The molecular formula is C12H9N5O4. The van der Waals surface area contributed by atoms with Crippen LogP contribution >= 0.6 is 0 Å². The molecule has 0 aliphatic rings. The van der Waals surface area contributed by atoms with Crippen LogP contribution in [-0.4, -0.2) is 26.7 Å². The number of nitrogens with zero attached hydrogens (tertiary/aromatic N) is 3. The van der Waals surface area contributed by atoms with Crippen molar-refractivity contribution in [1.82, 2.24) is 9.97 Å². The summed E-state index contributed by atoms with van der Waals surface area (Å²) in [6.07, 6.45) is 2.81. The molecule has 0 atom stereocenters. The Morgan fingerprint density at radius 1 is 1.05 bits per heavy atom. The van der Waals surface area contributed by atoms with Gasteiger partial charge in [-0.1, -0.05) is 6.07 Å². The van der Waals surface area contributed by atoms with E-state index in [0.717, 1.165) is 6.07 Å². The summed E-state index contributed by atoms with van der Waals surface area (Å²) in [5.74, 6) is -1.98. The van der Waals surface area contributed by atoms with Crippen LogP contribution in [0.3, 0.4) is 0 Å². The molecule has 0 unspecified atom stereocenters. The Morgan fingerprint density at radius 3 is 2.38 bits per heavy atom. The lowest BCUT2D eigenvalue weighted by Gasteiger charge is -2.05. The van der Waals surface area contributed by atoms with Gasteiger partial charge in [0.05, 0.1) is 4.92 Å². The van der Waals surface area contributed by atoms with E-state index in [0.29, 0.717) is 0 Å². The Labute approximate surface area is 118 Å². The number of hydrogen-bond acceptors (Lipinski definition) is 6. The van der Waals surface area contributed by atoms with Crippen molar-refractivity contribution in [3.05, 3.63) is 52.8 Å². The highest BCUT2D eigenvalue weighted by Gasteiger charge is 2.16. The molecule has 0 bridgehead atoms. The number of anilines is 2. The van der Waals surface area contributed by atoms with Crippen LogP contribution in [0.2, 0.25) is 0 Å². The fourth-order valence-corrected chi connectivity index (χ4v) is 1.41. The SMILES string of the molecule is O=C(Nc1cccc([N+](=O)[O-])c1)C(=O)Nc1ncccn1. The summed E-state index contributed by atoms with van der Waals surface area (Å²) < 4.78 is 0. The minimum absolute atomic E-state index is 0.0170. The largest absolute Gasteiger partial charge is 0.318 e. The predicted octanol–water partition coefficient (Wildman–Crippen LogP) is 0.962. The van der Waals surface area contributed by atoms with Crippen LogP contribution in [0.5, 0.6) is 0 Å². The summed E-state index contributed by atoms with van der Waals surface area (Å²) in [6.45, 7) is 0. The maximum absolute atomic E-state index is 11.6. The molecule has 0 saturated carbocycles. The highest BCUT2D eigenvalue weighted by Crippen LogP contribution is 2.16.